The second kappa shape index (κ2) is 7.90. The number of rotatable bonds is 8. The van der Waals surface area contributed by atoms with E-state index in [9.17, 15) is 0 Å². The largest absolute Gasteiger partial charge is 0.373 e. The molecule has 0 aliphatic heterocycles. The van der Waals surface area contributed by atoms with Crippen LogP contribution in [0.3, 0.4) is 0 Å². The summed E-state index contributed by atoms with van der Waals surface area (Å²) in [5, 5.41) is 4.06. The summed E-state index contributed by atoms with van der Waals surface area (Å²) in [5.41, 5.74) is 5.97. The van der Waals surface area contributed by atoms with Crippen LogP contribution in [0.4, 0.5) is 0 Å². The summed E-state index contributed by atoms with van der Waals surface area (Å²) in [6, 6.07) is 0. The molecule has 0 aromatic carbocycles. The summed E-state index contributed by atoms with van der Waals surface area (Å²) in [6.45, 7) is 11.7. The van der Waals surface area contributed by atoms with Gasteiger partial charge in [0.15, 0.2) is 0 Å². The van der Waals surface area contributed by atoms with Gasteiger partial charge in [-0.25, -0.2) is 0 Å². The van der Waals surface area contributed by atoms with Crippen molar-refractivity contribution in [1.82, 2.24) is 10.1 Å². The number of aromatic nitrogens is 2. The van der Waals surface area contributed by atoms with Crippen molar-refractivity contribution in [2.45, 2.75) is 60.0 Å². The van der Waals surface area contributed by atoms with Crippen molar-refractivity contribution >= 4 is 0 Å². The van der Waals surface area contributed by atoms with Crippen molar-refractivity contribution in [2.24, 2.45) is 23.0 Å². The van der Waals surface area contributed by atoms with Crippen LogP contribution in [0, 0.1) is 17.3 Å². The van der Waals surface area contributed by atoms with E-state index in [0.29, 0.717) is 23.6 Å². The van der Waals surface area contributed by atoms with E-state index in [0.717, 1.165) is 25.8 Å². The van der Waals surface area contributed by atoms with Gasteiger partial charge in [0.25, 0.3) is 0 Å². The van der Waals surface area contributed by atoms with E-state index >= 15 is 0 Å². The van der Waals surface area contributed by atoms with E-state index in [1.54, 1.807) is 7.11 Å². The van der Waals surface area contributed by atoms with Gasteiger partial charge in [-0.2, -0.15) is 4.98 Å². The normalized spacial score (nSPS) is 15.4. The van der Waals surface area contributed by atoms with Gasteiger partial charge in [-0.15, -0.1) is 0 Å². The topological polar surface area (TPSA) is 74.2 Å². The van der Waals surface area contributed by atoms with E-state index in [1.807, 2.05) is 0 Å². The summed E-state index contributed by atoms with van der Waals surface area (Å²) in [6.07, 6.45) is 2.73. The van der Waals surface area contributed by atoms with E-state index in [1.165, 1.54) is 0 Å². The molecular weight excluding hydrogens is 266 g/mol. The lowest BCUT2D eigenvalue weighted by molar-refractivity contribution is 0.0555. The van der Waals surface area contributed by atoms with Gasteiger partial charge >= 0.3 is 0 Å². The molecule has 0 radical (unpaired) electrons. The minimum Gasteiger partial charge on any atom is -0.373 e. The zero-order valence-corrected chi connectivity index (χ0v) is 14.3. The third kappa shape index (κ3) is 5.40. The van der Waals surface area contributed by atoms with Gasteiger partial charge < -0.3 is 15.0 Å². The average molecular weight is 297 g/mol. The smallest absolute Gasteiger partial charge is 0.226 e. The van der Waals surface area contributed by atoms with Crippen molar-refractivity contribution in [3.8, 4) is 0 Å². The van der Waals surface area contributed by atoms with E-state index in [-0.39, 0.29) is 11.5 Å². The zero-order valence-electron chi connectivity index (χ0n) is 14.3. The highest BCUT2D eigenvalue weighted by atomic mass is 16.5. The van der Waals surface area contributed by atoms with Crippen molar-refractivity contribution in [3.63, 3.8) is 0 Å². The summed E-state index contributed by atoms with van der Waals surface area (Å²) >= 11 is 0. The lowest BCUT2D eigenvalue weighted by Crippen LogP contribution is -2.24. The number of nitrogens with zero attached hydrogens (tertiary/aromatic N) is 2. The van der Waals surface area contributed by atoms with Crippen LogP contribution >= 0.6 is 0 Å². The number of aryl methyl sites for hydroxylation is 1. The summed E-state index contributed by atoms with van der Waals surface area (Å²) in [4.78, 5) is 4.48. The van der Waals surface area contributed by atoms with Gasteiger partial charge in [0, 0.05) is 13.5 Å². The molecule has 1 aromatic rings. The van der Waals surface area contributed by atoms with Crippen LogP contribution in [0.25, 0.3) is 0 Å². The first kappa shape index (κ1) is 18.1. The highest BCUT2D eigenvalue weighted by Gasteiger charge is 2.25. The third-order valence-electron chi connectivity index (χ3n) is 4.04. The van der Waals surface area contributed by atoms with Gasteiger partial charge in [-0.05, 0) is 36.6 Å². The molecule has 5 nitrogen and oxygen atoms in total. The quantitative estimate of drug-likeness (QED) is 0.796. The van der Waals surface area contributed by atoms with Crippen molar-refractivity contribution in [3.05, 3.63) is 11.7 Å². The molecule has 122 valence electrons. The standard InChI is InChI=1S/C16H31N3O2/c1-11(2)14(20-6)15-18-13(21-19-15)8-7-12(9-10-17)16(3,4)5/h11-12,14H,7-10,17H2,1-6H3. The maximum Gasteiger partial charge on any atom is 0.226 e. The third-order valence-corrected chi connectivity index (χ3v) is 4.04. The Labute approximate surface area is 128 Å². The molecule has 2 atom stereocenters. The Morgan fingerprint density at radius 3 is 2.38 bits per heavy atom. The van der Waals surface area contributed by atoms with Crippen molar-refractivity contribution in [2.75, 3.05) is 13.7 Å². The molecule has 0 fully saturated rings. The molecular formula is C16H31N3O2. The number of ether oxygens (including phenoxy) is 1. The first-order valence-corrected chi connectivity index (χ1v) is 7.85. The maximum atomic E-state index is 5.72. The Bertz CT molecular complexity index is 410. The average Bonchev–Trinajstić information content (AvgIpc) is 2.82. The highest BCUT2D eigenvalue weighted by Crippen LogP contribution is 2.32. The molecule has 1 aromatic heterocycles. The lowest BCUT2D eigenvalue weighted by Gasteiger charge is -2.30. The van der Waals surface area contributed by atoms with Crippen LogP contribution < -0.4 is 5.73 Å². The Balaban J connectivity index is 2.66. The molecule has 2 unspecified atom stereocenters. The van der Waals surface area contributed by atoms with Crippen LogP contribution in [-0.2, 0) is 11.2 Å². The molecule has 1 rings (SSSR count). The minimum absolute atomic E-state index is 0.107. The van der Waals surface area contributed by atoms with Gasteiger partial charge in [0.05, 0.1) is 0 Å². The number of hydrogen-bond acceptors (Lipinski definition) is 5. The molecule has 0 spiro atoms. The summed E-state index contributed by atoms with van der Waals surface area (Å²) in [5.74, 6) is 2.22. The fourth-order valence-corrected chi connectivity index (χ4v) is 2.67. The molecule has 5 heteroatoms. The highest BCUT2D eigenvalue weighted by molar-refractivity contribution is 4.93. The summed E-state index contributed by atoms with van der Waals surface area (Å²) in [7, 11) is 1.68. The number of methoxy groups -OCH3 is 1. The fraction of sp³-hybridized carbons (Fsp3) is 0.875. The first-order valence-electron chi connectivity index (χ1n) is 7.85. The van der Waals surface area contributed by atoms with Crippen molar-refractivity contribution in [1.29, 1.82) is 0 Å². The maximum absolute atomic E-state index is 5.72. The molecule has 0 bridgehead atoms. The number of nitrogens with two attached hydrogens (primary N) is 1. The molecule has 1 heterocycles. The van der Waals surface area contributed by atoms with Gasteiger partial charge in [0.2, 0.25) is 11.7 Å². The van der Waals surface area contributed by atoms with Crippen LogP contribution in [-0.4, -0.2) is 23.8 Å². The van der Waals surface area contributed by atoms with Crippen LogP contribution in [0.15, 0.2) is 4.52 Å². The SMILES string of the molecule is COC(c1noc(CCC(CCN)C(C)(C)C)n1)C(C)C. The van der Waals surface area contributed by atoms with Crippen LogP contribution in [0.5, 0.6) is 0 Å². The van der Waals surface area contributed by atoms with Gasteiger partial charge in [0.1, 0.15) is 6.10 Å². The predicted molar refractivity (Wildman–Crippen MR) is 83.8 cm³/mol. The second-order valence-corrected chi connectivity index (χ2v) is 7.13. The molecule has 0 saturated heterocycles. The minimum atomic E-state index is -0.107. The Morgan fingerprint density at radius 1 is 1.24 bits per heavy atom. The first-order chi connectivity index (χ1) is 9.79. The fourth-order valence-electron chi connectivity index (χ4n) is 2.67. The van der Waals surface area contributed by atoms with E-state index < -0.39 is 0 Å². The molecule has 0 saturated carbocycles. The Hall–Kier alpha value is -0.940. The predicted octanol–water partition coefficient (Wildman–Crippen LogP) is 3.36. The Kier molecular flexibility index (Phi) is 6.81. The number of hydrogen-bond donors (Lipinski definition) is 1. The monoisotopic (exact) mass is 297 g/mol. The molecule has 0 aliphatic rings. The van der Waals surface area contributed by atoms with Crippen molar-refractivity contribution < 1.29 is 9.26 Å². The molecule has 21 heavy (non-hydrogen) atoms. The van der Waals surface area contributed by atoms with E-state index in [2.05, 4.69) is 44.8 Å². The lowest BCUT2D eigenvalue weighted by atomic mass is 9.76. The van der Waals surface area contributed by atoms with Gasteiger partial charge in [-0.3, -0.25) is 0 Å². The van der Waals surface area contributed by atoms with Gasteiger partial charge in [-0.1, -0.05) is 39.8 Å². The zero-order chi connectivity index (χ0) is 16.0. The Morgan fingerprint density at radius 2 is 1.90 bits per heavy atom. The van der Waals surface area contributed by atoms with Crippen LogP contribution in [0.2, 0.25) is 0 Å². The van der Waals surface area contributed by atoms with Crippen LogP contribution in [0.1, 0.15) is 65.3 Å². The van der Waals surface area contributed by atoms with E-state index in [4.69, 9.17) is 15.0 Å². The second-order valence-electron chi connectivity index (χ2n) is 7.13. The molecule has 0 aliphatic carbocycles. The summed E-state index contributed by atoms with van der Waals surface area (Å²) < 4.78 is 10.8. The molecule has 0 amide bonds. The molecule has 2 N–H and O–H groups in total.